The van der Waals surface area contributed by atoms with Crippen LogP contribution in [0.25, 0.3) is 6.08 Å². The Hall–Kier alpha value is -3.36. The van der Waals surface area contributed by atoms with Crippen molar-refractivity contribution in [1.82, 2.24) is 4.57 Å². The van der Waals surface area contributed by atoms with E-state index < -0.39 is 12.0 Å². The molecule has 1 aliphatic rings. The molecule has 3 aromatic rings. The van der Waals surface area contributed by atoms with Crippen molar-refractivity contribution < 1.29 is 19.4 Å². The van der Waals surface area contributed by atoms with E-state index in [0.29, 0.717) is 36.9 Å². The van der Waals surface area contributed by atoms with Crippen LogP contribution in [0.15, 0.2) is 63.5 Å². The predicted octanol–water partition coefficient (Wildman–Crippen LogP) is 3.94. The van der Waals surface area contributed by atoms with Gasteiger partial charge < -0.3 is 14.6 Å². The van der Waals surface area contributed by atoms with E-state index in [1.807, 2.05) is 38.1 Å². The standard InChI is InChI=1S/C26H25ClN2O5S/c1-5-33-25(32)22-15(4)28-26-29(23(22)16-6-9-19(10-7-16)34-14(2)3)24(31)21(35-26)13-17-12-18(27)8-11-20(17)30/h6-14,23,30H,5H2,1-4H3. The maximum absolute atomic E-state index is 13.6. The van der Waals surface area contributed by atoms with Crippen LogP contribution in [0, 0.1) is 0 Å². The van der Waals surface area contributed by atoms with E-state index in [2.05, 4.69) is 4.99 Å². The molecule has 1 aliphatic heterocycles. The molecule has 1 aromatic heterocycles. The van der Waals surface area contributed by atoms with Gasteiger partial charge in [-0.2, -0.15) is 0 Å². The Kier molecular flexibility index (Phi) is 7.14. The number of thiazole rings is 1. The van der Waals surface area contributed by atoms with Crippen LogP contribution in [0.5, 0.6) is 11.5 Å². The number of ether oxygens (including phenoxy) is 2. The van der Waals surface area contributed by atoms with Crippen molar-refractivity contribution in [2.45, 2.75) is 39.8 Å². The number of halogens is 1. The van der Waals surface area contributed by atoms with Crippen LogP contribution in [0.4, 0.5) is 0 Å². The topological polar surface area (TPSA) is 90.1 Å². The van der Waals surface area contributed by atoms with Crippen molar-refractivity contribution in [2.24, 2.45) is 4.99 Å². The molecule has 0 aliphatic carbocycles. The van der Waals surface area contributed by atoms with E-state index in [-0.39, 0.29) is 24.0 Å². The molecule has 0 amide bonds. The van der Waals surface area contributed by atoms with Gasteiger partial charge in [0, 0.05) is 10.6 Å². The number of nitrogens with zero attached hydrogens (tertiary/aromatic N) is 2. The Bertz CT molecular complexity index is 1490. The molecule has 0 saturated carbocycles. The minimum atomic E-state index is -0.728. The summed E-state index contributed by atoms with van der Waals surface area (Å²) < 4.78 is 12.9. The van der Waals surface area contributed by atoms with Gasteiger partial charge in [0.25, 0.3) is 5.56 Å². The number of fused-ring (bicyclic) bond motifs is 1. The SMILES string of the molecule is CCOC(=O)C1=C(C)N=c2sc(=Cc3cc(Cl)ccc3O)c(=O)n2C1c1ccc(OC(C)C)cc1. The number of aromatic nitrogens is 1. The van der Waals surface area contributed by atoms with Gasteiger partial charge in [0.15, 0.2) is 4.80 Å². The van der Waals surface area contributed by atoms with E-state index >= 15 is 0 Å². The van der Waals surface area contributed by atoms with Crippen LogP contribution in [0.2, 0.25) is 5.02 Å². The van der Waals surface area contributed by atoms with Crippen LogP contribution >= 0.6 is 22.9 Å². The van der Waals surface area contributed by atoms with Crippen molar-refractivity contribution in [3.63, 3.8) is 0 Å². The molecule has 1 unspecified atom stereocenters. The number of hydrogen-bond acceptors (Lipinski definition) is 7. The molecule has 35 heavy (non-hydrogen) atoms. The monoisotopic (exact) mass is 512 g/mol. The fourth-order valence-electron chi connectivity index (χ4n) is 3.89. The Morgan fingerprint density at radius 3 is 2.63 bits per heavy atom. The van der Waals surface area contributed by atoms with Gasteiger partial charge in [-0.3, -0.25) is 9.36 Å². The third-order valence-electron chi connectivity index (χ3n) is 5.36. The molecular formula is C26H25ClN2O5S. The summed E-state index contributed by atoms with van der Waals surface area (Å²) in [7, 11) is 0. The van der Waals surface area contributed by atoms with Crippen molar-refractivity contribution in [2.75, 3.05) is 6.61 Å². The zero-order valence-electron chi connectivity index (χ0n) is 19.7. The number of rotatable bonds is 6. The van der Waals surface area contributed by atoms with E-state index in [0.717, 1.165) is 5.56 Å². The molecule has 0 spiro atoms. The van der Waals surface area contributed by atoms with Gasteiger partial charge in [-0.25, -0.2) is 9.79 Å². The van der Waals surface area contributed by atoms with Crippen LogP contribution < -0.4 is 19.6 Å². The first-order chi connectivity index (χ1) is 16.7. The van der Waals surface area contributed by atoms with Crippen LogP contribution in [-0.2, 0) is 9.53 Å². The second-order valence-corrected chi connectivity index (χ2v) is 9.69. The first-order valence-electron chi connectivity index (χ1n) is 11.1. The third-order valence-corrected chi connectivity index (χ3v) is 6.58. The lowest BCUT2D eigenvalue weighted by Crippen LogP contribution is -2.39. The van der Waals surface area contributed by atoms with Crippen molar-refractivity contribution in [3.05, 3.63) is 89.6 Å². The normalized spacial score (nSPS) is 15.7. The third kappa shape index (κ3) is 5.04. The number of allylic oxidation sites excluding steroid dienone is 1. The Morgan fingerprint density at radius 2 is 1.97 bits per heavy atom. The molecule has 1 N–H and O–H groups in total. The van der Waals surface area contributed by atoms with Gasteiger partial charge in [0.2, 0.25) is 0 Å². The summed E-state index contributed by atoms with van der Waals surface area (Å²) in [5.41, 5.74) is 1.57. The number of benzene rings is 2. The minimum Gasteiger partial charge on any atom is -0.507 e. The van der Waals surface area contributed by atoms with E-state index in [1.165, 1.54) is 22.0 Å². The number of hydrogen-bond donors (Lipinski definition) is 1. The minimum absolute atomic E-state index is 0.000852. The maximum Gasteiger partial charge on any atom is 0.338 e. The number of aromatic hydroxyl groups is 1. The molecular weight excluding hydrogens is 488 g/mol. The van der Waals surface area contributed by atoms with E-state index in [9.17, 15) is 14.7 Å². The summed E-state index contributed by atoms with van der Waals surface area (Å²) >= 11 is 7.25. The molecule has 0 fully saturated rings. The van der Waals surface area contributed by atoms with Crippen molar-refractivity contribution in [3.8, 4) is 11.5 Å². The quantitative estimate of drug-likeness (QED) is 0.505. The highest BCUT2D eigenvalue weighted by Gasteiger charge is 2.33. The molecule has 0 bridgehead atoms. The Morgan fingerprint density at radius 1 is 1.26 bits per heavy atom. The first kappa shape index (κ1) is 24.8. The highest BCUT2D eigenvalue weighted by Crippen LogP contribution is 2.32. The first-order valence-corrected chi connectivity index (χ1v) is 12.3. The Balaban J connectivity index is 1.92. The largest absolute Gasteiger partial charge is 0.507 e. The van der Waals surface area contributed by atoms with E-state index in [1.54, 1.807) is 32.1 Å². The molecule has 9 heteroatoms. The fraction of sp³-hybridized carbons (Fsp3) is 0.269. The van der Waals surface area contributed by atoms with Gasteiger partial charge in [0.1, 0.15) is 11.5 Å². The summed E-state index contributed by atoms with van der Waals surface area (Å²) in [6.07, 6.45) is 1.59. The second-order valence-electron chi connectivity index (χ2n) is 8.24. The zero-order chi connectivity index (χ0) is 25.3. The number of carbonyl (C=O) groups excluding carboxylic acids is 1. The highest BCUT2D eigenvalue weighted by atomic mass is 35.5. The van der Waals surface area contributed by atoms with Crippen LogP contribution in [-0.4, -0.2) is 28.4 Å². The molecule has 0 radical (unpaired) electrons. The average Bonchev–Trinajstić information content (AvgIpc) is 3.10. The molecule has 0 saturated heterocycles. The van der Waals surface area contributed by atoms with Gasteiger partial charge in [-0.1, -0.05) is 35.1 Å². The lowest BCUT2D eigenvalue weighted by molar-refractivity contribution is -0.139. The van der Waals surface area contributed by atoms with Gasteiger partial charge >= 0.3 is 5.97 Å². The molecule has 7 nitrogen and oxygen atoms in total. The predicted molar refractivity (Wildman–Crippen MR) is 136 cm³/mol. The van der Waals surface area contributed by atoms with Gasteiger partial charge in [-0.15, -0.1) is 0 Å². The van der Waals surface area contributed by atoms with Crippen molar-refractivity contribution >= 4 is 35.0 Å². The number of esters is 1. The highest BCUT2D eigenvalue weighted by molar-refractivity contribution is 7.07. The maximum atomic E-state index is 13.6. The Labute approximate surface area is 211 Å². The molecule has 1 atom stereocenters. The smallest absolute Gasteiger partial charge is 0.338 e. The summed E-state index contributed by atoms with van der Waals surface area (Å²) in [6, 6.07) is 11.2. The lowest BCUT2D eigenvalue weighted by Gasteiger charge is -2.25. The average molecular weight is 513 g/mol. The van der Waals surface area contributed by atoms with Crippen molar-refractivity contribution in [1.29, 1.82) is 0 Å². The van der Waals surface area contributed by atoms with E-state index in [4.69, 9.17) is 21.1 Å². The number of phenols is 1. The van der Waals surface area contributed by atoms with Gasteiger partial charge in [0.05, 0.1) is 34.6 Å². The summed E-state index contributed by atoms with van der Waals surface area (Å²) in [6.45, 7) is 7.54. The molecule has 2 heterocycles. The van der Waals surface area contributed by atoms with Crippen LogP contribution in [0.1, 0.15) is 44.9 Å². The van der Waals surface area contributed by atoms with Gasteiger partial charge in [-0.05, 0) is 69.7 Å². The zero-order valence-corrected chi connectivity index (χ0v) is 21.3. The lowest BCUT2D eigenvalue weighted by atomic mass is 9.96. The number of phenolic OH excluding ortho intramolecular Hbond substituents is 1. The summed E-state index contributed by atoms with van der Waals surface area (Å²) in [5, 5.41) is 10.7. The van der Waals surface area contributed by atoms with Crippen LogP contribution in [0.3, 0.4) is 0 Å². The summed E-state index contributed by atoms with van der Waals surface area (Å²) in [5.74, 6) is 0.162. The number of carbonyl (C=O) groups is 1. The second kappa shape index (κ2) is 10.1. The molecule has 2 aromatic carbocycles. The summed E-state index contributed by atoms with van der Waals surface area (Å²) in [4.78, 5) is 31.6. The fourth-order valence-corrected chi connectivity index (χ4v) is 5.11. The molecule has 182 valence electrons. The molecule has 4 rings (SSSR count).